The van der Waals surface area contributed by atoms with Gasteiger partial charge in [0, 0.05) is 23.8 Å². The molecular formula is C36H32O14. The highest BCUT2D eigenvalue weighted by molar-refractivity contribution is 6.09. The monoisotopic (exact) mass is 688 g/mol. The van der Waals surface area contributed by atoms with Gasteiger partial charge in [0.25, 0.3) is 0 Å². The van der Waals surface area contributed by atoms with E-state index in [0.717, 1.165) is 18.2 Å². The number of benzene rings is 4. The molecule has 0 saturated carbocycles. The van der Waals surface area contributed by atoms with Gasteiger partial charge in [-0.05, 0) is 53.6 Å². The average molecular weight is 689 g/mol. The van der Waals surface area contributed by atoms with E-state index in [-0.39, 0.29) is 45.4 Å². The quantitative estimate of drug-likeness (QED) is 0.0954. The average Bonchev–Trinajstić information content (AvgIpc) is 3.08. The zero-order valence-electron chi connectivity index (χ0n) is 25.9. The van der Waals surface area contributed by atoms with E-state index in [1.807, 2.05) is 0 Å². The van der Waals surface area contributed by atoms with E-state index in [4.69, 9.17) is 14.2 Å². The second-order valence-electron chi connectivity index (χ2n) is 11.8. The van der Waals surface area contributed by atoms with Crippen LogP contribution in [0.4, 0.5) is 0 Å². The summed E-state index contributed by atoms with van der Waals surface area (Å²) in [5.41, 5.74) is 0.500. The van der Waals surface area contributed by atoms with Crippen LogP contribution in [-0.4, -0.2) is 94.8 Å². The number of allylic oxidation sites excluding steroid dienone is 1. The molecule has 0 spiro atoms. The van der Waals surface area contributed by atoms with Crippen molar-refractivity contribution in [3.63, 3.8) is 0 Å². The number of ether oxygens (including phenoxy) is 3. The molecule has 14 nitrogen and oxygen atoms in total. The van der Waals surface area contributed by atoms with Crippen molar-refractivity contribution < 1.29 is 69.8 Å². The molecule has 0 aliphatic carbocycles. The zero-order chi connectivity index (χ0) is 35.9. The third-order valence-electron chi connectivity index (χ3n) is 8.52. The van der Waals surface area contributed by atoms with Crippen LogP contribution in [0.3, 0.4) is 0 Å². The second kappa shape index (κ2) is 13.7. The Bertz CT molecular complexity index is 1950. The standard InChI is InChI=1S/C36H32O14/c37-15-28-31(44)33(46)34(47)36(50-28)48-20-13-26(43)30-27(14-20)49-35(17-3-5-18(38)6-4-17)29(32(30)45)22-11-16(2-10-24(22)41)1-9-23(40)21-8-7-19(39)12-25(21)42/h1-14,28-29,31,33-39,41-44,46-47H,15H2/b9-1+/t28-,29-,31-,33+,34-,35+,36-/m1/s1. The molecule has 4 aromatic rings. The van der Waals surface area contributed by atoms with Gasteiger partial charge in [-0.25, -0.2) is 0 Å². The number of ketones is 2. The number of fused-ring (bicyclic) bond motifs is 1. The molecule has 0 bridgehead atoms. The minimum atomic E-state index is -1.76. The largest absolute Gasteiger partial charge is 0.508 e. The van der Waals surface area contributed by atoms with Gasteiger partial charge in [0.05, 0.1) is 18.1 Å². The van der Waals surface area contributed by atoms with E-state index in [2.05, 4.69) is 0 Å². The molecule has 2 heterocycles. The third-order valence-corrected chi connectivity index (χ3v) is 8.52. The summed E-state index contributed by atoms with van der Waals surface area (Å²) in [6.45, 7) is -0.699. The van der Waals surface area contributed by atoms with E-state index in [1.165, 1.54) is 66.7 Å². The van der Waals surface area contributed by atoms with E-state index in [1.54, 1.807) is 0 Å². The topological polar surface area (TPSA) is 244 Å². The van der Waals surface area contributed by atoms with Crippen molar-refractivity contribution in [1.29, 1.82) is 0 Å². The van der Waals surface area contributed by atoms with Crippen LogP contribution in [0, 0.1) is 0 Å². The molecule has 1 saturated heterocycles. The van der Waals surface area contributed by atoms with Gasteiger partial charge in [-0.1, -0.05) is 24.3 Å². The number of hydrogen-bond donors (Lipinski definition) is 9. The van der Waals surface area contributed by atoms with Crippen LogP contribution in [0.15, 0.2) is 78.9 Å². The number of phenolic OH excluding ortho intramolecular Hbond substituents is 5. The molecule has 260 valence electrons. The lowest BCUT2D eigenvalue weighted by atomic mass is 9.80. The summed E-state index contributed by atoms with van der Waals surface area (Å²) in [5.74, 6) is -4.48. The summed E-state index contributed by atoms with van der Waals surface area (Å²) in [6, 6.07) is 15.8. The lowest BCUT2D eigenvalue weighted by molar-refractivity contribution is -0.277. The highest BCUT2D eigenvalue weighted by Gasteiger charge is 2.46. The van der Waals surface area contributed by atoms with Crippen LogP contribution in [0.5, 0.6) is 40.2 Å². The zero-order valence-corrected chi connectivity index (χ0v) is 25.9. The maximum Gasteiger partial charge on any atom is 0.229 e. The number of carbonyl (C=O) groups excluding carboxylic acids is 2. The molecule has 14 heteroatoms. The summed E-state index contributed by atoms with van der Waals surface area (Å²) in [7, 11) is 0. The molecule has 7 atom stereocenters. The Hall–Kier alpha value is -5.64. The van der Waals surface area contributed by atoms with Gasteiger partial charge < -0.3 is 60.2 Å². The molecule has 2 aliphatic heterocycles. The molecule has 9 N–H and O–H groups in total. The lowest BCUT2D eigenvalue weighted by Crippen LogP contribution is -2.60. The fourth-order valence-electron chi connectivity index (χ4n) is 5.93. The second-order valence-corrected chi connectivity index (χ2v) is 11.8. The van der Waals surface area contributed by atoms with Gasteiger partial charge in [-0.3, -0.25) is 9.59 Å². The van der Waals surface area contributed by atoms with Crippen molar-refractivity contribution in [3.05, 3.63) is 107 Å². The van der Waals surface area contributed by atoms with E-state index in [9.17, 15) is 55.5 Å². The predicted molar refractivity (Wildman–Crippen MR) is 172 cm³/mol. The Balaban J connectivity index is 1.36. The van der Waals surface area contributed by atoms with Gasteiger partial charge >= 0.3 is 0 Å². The van der Waals surface area contributed by atoms with Crippen LogP contribution in [-0.2, 0) is 4.74 Å². The molecule has 0 radical (unpaired) electrons. The Morgan fingerprint density at radius 1 is 0.780 bits per heavy atom. The first-order valence-electron chi connectivity index (χ1n) is 15.3. The smallest absolute Gasteiger partial charge is 0.229 e. The summed E-state index contributed by atoms with van der Waals surface area (Å²) in [5, 5.41) is 91.8. The van der Waals surface area contributed by atoms with E-state index >= 15 is 0 Å². The lowest BCUT2D eigenvalue weighted by Gasteiger charge is -2.39. The fourth-order valence-corrected chi connectivity index (χ4v) is 5.93. The number of rotatable bonds is 8. The number of aliphatic hydroxyl groups is 4. The van der Waals surface area contributed by atoms with Crippen LogP contribution < -0.4 is 9.47 Å². The van der Waals surface area contributed by atoms with Gasteiger partial charge in [0.15, 0.2) is 11.6 Å². The van der Waals surface area contributed by atoms with E-state index in [0.29, 0.717) is 11.1 Å². The van der Waals surface area contributed by atoms with Crippen molar-refractivity contribution in [3.8, 4) is 40.2 Å². The van der Waals surface area contributed by atoms with E-state index < -0.39 is 72.4 Å². The van der Waals surface area contributed by atoms with Crippen LogP contribution >= 0.6 is 0 Å². The Morgan fingerprint density at radius 2 is 1.50 bits per heavy atom. The molecule has 6 rings (SSSR count). The normalized spacial score (nSPS) is 24.8. The molecule has 0 amide bonds. The van der Waals surface area contributed by atoms with Crippen molar-refractivity contribution in [2.45, 2.75) is 42.7 Å². The number of aromatic hydroxyl groups is 5. The van der Waals surface area contributed by atoms with Crippen LogP contribution in [0.1, 0.15) is 49.4 Å². The molecule has 4 aromatic carbocycles. The number of aliphatic hydroxyl groups excluding tert-OH is 4. The van der Waals surface area contributed by atoms with Crippen molar-refractivity contribution in [1.82, 2.24) is 0 Å². The maximum absolute atomic E-state index is 14.3. The van der Waals surface area contributed by atoms with Gasteiger partial charge in [0.2, 0.25) is 6.29 Å². The SMILES string of the molecule is O=C(/C=C/c1ccc(O)c([C@@H]2C(=O)c3c(O)cc(O[C@@H]4O[C@H](CO)[C@@H](O)[C@H](O)[C@H]4O)cc3O[C@H]2c2ccc(O)cc2)c1)c1ccc(O)cc1O. The van der Waals surface area contributed by atoms with Gasteiger partial charge in [-0.2, -0.15) is 0 Å². The minimum Gasteiger partial charge on any atom is -0.508 e. The van der Waals surface area contributed by atoms with Crippen molar-refractivity contribution >= 4 is 17.6 Å². The first-order chi connectivity index (χ1) is 23.9. The van der Waals surface area contributed by atoms with Gasteiger partial charge in [0.1, 0.15) is 76.3 Å². The van der Waals surface area contributed by atoms with Crippen LogP contribution in [0.25, 0.3) is 6.08 Å². The first-order valence-corrected chi connectivity index (χ1v) is 15.3. The maximum atomic E-state index is 14.3. The summed E-state index contributed by atoms with van der Waals surface area (Å²) in [6.07, 6.45) is -6.57. The van der Waals surface area contributed by atoms with Gasteiger partial charge in [-0.15, -0.1) is 0 Å². The highest BCUT2D eigenvalue weighted by Crippen LogP contribution is 2.50. The molecule has 50 heavy (non-hydrogen) atoms. The first kappa shape index (κ1) is 34.2. The van der Waals surface area contributed by atoms with Crippen molar-refractivity contribution in [2.75, 3.05) is 6.61 Å². The molecule has 1 fully saturated rings. The number of Topliss-reactive ketones (excluding diaryl/α,β-unsaturated/α-hetero) is 1. The summed E-state index contributed by atoms with van der Waals surface area (Å²) < 4.78 is 17.3. The minimum absolute atomic E-state index is 0.0664. The predicted octanol–water partition coefficient (Wildman–Crippen LogP) is 2.39. The summed E-state index contributed by atoms with van der Waals surface area (Å²) in [4.78, 5) is 27.0. The number of carbonyl (C=O) groups is 2. The van der Waals surface area contributed by atoms with Crippen molar-refractivity contribution in [2.24, 2.45) is 0 Å². The number of hydrogen-bond acceptors (Lipinski definition) is 14. The summed E-state index contributed by atoms with van der Waals surface area (Å²) >= 11 is 0. The molecule has 2 aliphatic rings. The highest BCUT2D eigenvalue weighted by atomic mass is 16.7. The fraction of sp³-hybridized carbons (Fsp3) is 0.222. The Labute approximate surface area is 283 Å². The Morgan fingerprint density at radius 3 is 2.20 bits per heavy atom. The molecule has 0 aromatic heterocycles. The Kier molecular flexibility index (Phi) is 9.38. The third kappa shape index (κ3) is 6.53. The molecule has 0 unspecified atom stereocenters. The van der Waals surface area contributed by atoms with Crippen LogP contribution in [0.2, 0.25) is 0 Å². The molecular weight excluding hydrogens is 656 g/mol. The number of phenols is 5.